The van der Waals surface area contributed by atoms with E-state index in [9.17, 15) is 31.1 Å². The summed E-state index contributed by atoms with van der Waals surface area (Å²) in [5.74, 6) is -2.07. The number of hydrogen-bond acceptors (Lipinski definition) is 7. The van der Waals surface area contributed by atoms with Crippen molar-refractivity contribution in [1.82, 2.24) is 9.97 Å². The SMILES string of the molecule is CC(C)C1CN(c2ccc(F)c(S(C)(=O)=O)c2)CCN1c1ncc(O)c(C(F)(F)F)n1. The van der Waals surface area contributed by atoms with Gasteiger partial charge in [-0.3, -0.25) is 0 Å². The predicted molar refractivity (Wildman–Crippen MR) is 106 cm³/mol. The van der Waals surface area contributed by atoms with Crippen LogP contribution in [0.25, 0.3) is 0 Å². The standard InChI is InChI=1S/C19H22F4N4O3S/c1-11(2)14-10-26(12-4-5-13(20)16(8-12)31(3,29)30)6-7-27(14)18-24-9-15(28)17(25-18)19(21,22)23/h4-5,8-9,11,14,28H,6-7,10H2,1-3H3. The van der Waals surface area contributed by atoms with Crippen LogP contribution >= 0.6 is 0 Å². The van der Waals surface area contributed by atoms with Gasteiger partial charge in [-0.25, -0.2) is 22.8 Å². The van der Waals surface area contributed by atoms with E-state index in [2.05, 4.69) is 9.97 Å². The Morgan fingerprint density at radius 2 is 1.90 bits per heavy atom. The number of hydrogen-bond donors (Lipinski definition) is 1. The van der Waals surface area contributed by atoms with Gasteiger partial charge in [0.25, 0.3) is 0 Å². The molecular weight excluding hydrogens is 440 g/mol. The molecule has 1 unspecified atom stereocenters. The molecule has 12 heteroatoms. The van der Waals surface area contributed by atoms with Crippen LogP contribution < -0.4 is 9.80 Å². The molecule has 2 heterocycles. The molecule has 1 aromatic carbocycles. The summed E-state index contributed by atoms with van der Waals surface area (Å²) in [5.41, 5.74) is -0.909. The van der Waals surface area contributed by atoms with Crippen LogP contribution in [0.2, 0.25) is 0 Å². The van der Waals surface area contributed by atoms with Crippen LogP contribution in [0.1, 0.15) is 19.5 Å². The molecule has 7 nitrogen and oxygen atoms in total. The Bertz CT molecular complexity index is 1080. The average Bonchev–Trinajstić information content (AvgIpc) is 2.66. The number of rotatable bonds is 4. The minimum atomic E-state index is -4.83. The normalized spacial score (nSPS) is 18.0. The van der Waals surface area contributed by atoms with Crippen LogP contribution in [0.4, 0.5) is 29.2 Å². The smallest absolute Gasteiger partial charge is 0.437 e. The summed E-state index contributed by atoms with van der Waals surface area (Å²) in [5, 5.41) is 9.50. The third kappa shape index (κ3) is 4.83. The van der Waals surface area contributed by atoms with Crippen LogP contribution in [-0.2, 0) is 16.0 Å². The van der Waals surface area contributed by atoms with E-state index < -0.39 is 38.2 Å². The van der Waals surface area contributed by atoms with Crippen molar-refractivity contribution >= 4 is 21.5 Å². The summed E-state index contributed by atoms with van der Waals surface area (Å²) in [4.78, 5) is 10.5. The lowest BCUT2D eigenvalue weighted by atomic mass is 9.99. The van der Waals surface area contributed by atoms with Gasteiger partial charge in [-0.05, 0) is 24.1 Å². The number of halogens is 4. The van der Waals surface area contributed by atoms with Crippen LogP contribution in [-0.4, -0.2) is 55.4 Å². The van der Waals surface area contributed by atoms with E-state index in [-0.39, 0.29) is 24.5 Å². The first-order valence-electron chi connectivity index (χ1n) is 9.43. The average molecular weight is 462 g/mol. The second-order valence-corrected chi connectivity index (χ2v) is 9.72. The summed E-state index contributed by atoms with van der Waals surface area (Å²) >= 11 is 0. The van der Waals surface area contributed by atoms with Gasteiger partial charge in [-0.1, -0.05) is 13.8 Å². The fourth-order valence-electron chi connectivity index (χ4n) is 3.55. The van der Waals surface area contributed by atoms with Gasteiger partial charge < -0.3 is 14.9 Å². The number of aromatic nitrogens is 2. The first-order valence-corrected chi connectivity index (χ1v) is 11.3. The van der Waals surface area contributed by atoms with E-state index in [0.29, 0.717) is 18.8 Å². The zero-order valence-corrected chi connectivity index (χ0v) is 17.9. The van der Waals surface area contributed by atoms with Gasteiger partial charge in [0.15, 0.2) is 21.3 Å². The molecule has 1 aliphatic rings. The van der Waals surface area contributed by atoms with E-state index in [0.717, 1.165) is 18.5 Å². The molecule has 2 aromatic rings. The highest BCUT2D eigenvalue weighted by atomic mass is 32.2. The highest BCUT2D eigenvalue weighted by molar-refractivity contribution is 7.90. The molecule has 170 valence electrons. The summed E-state index contributed by atoms with van der Waals surface area (Å²) < 4.78 is 77.1. The number of piperazine rings is 1. The minimum absolute atomic E-state index is 0.0237. The molecule has 1 fully saturated rings. The minimum Gasteiger partial charge on any atom is -0.504 e. The molecule has 1 aromatic heterocycles. The van der Waals surface area contributed by atoms with Crippen LogP contribution in [0.3, 0.4) is 0 Å². The van der Waals surface area contributed by atoms with E-state index in [4.69, 9.17) is 0 Å². The maximum Gasteiger partial charge on any atom is 0.437 e. The largest absolute Gasteiger partial charge is 0.504 e. The quantitative estimate of drug-likeness (QED) is 0.699. The van der Waals surface area contributed by atoms with Crippen molar-refractivity contribution in [2.24, 2.45) is 5.92 Å². The van der Waals surface area contributed by atoms with Gasteiger partial charge in [-0.2, -0.15) is 13.2 Å². The van der Waals surface area contributed by atoms with E-state index in [1.54, 1.807) is 4.90 Å². The number of anilines is 2. The number of nitrogens with zero attached hydrogens (tertiary/aromatic N) is 4. The van der Waals surface area contributed by atoms with Gasteiger partial charge in [-0.15, -0.1) is 0 Å². The lowest BCUT2D eigenvalue weighted by Crippen LogP contribution is -2.56. The topological polar surface area (TPSA) is 86.6 Å². The van der Waals surface area contributed by atoms with Crippen LogP contribution in [0.5, 0.6) is 5.75 Å². The second kappa shape index (κ2) is 8.13. The van der Waals surface area contributed by atoms with Gasteiger partial charge in [0, 0.05) is 31.6 Å². The number of alkyl halides is 3. The number of aromatic hydroxyl groups is 1. The fraction of sp³-hybridized carbons (Fsp3) is 0.474. The predicted octanol–water partition coefficient (Wildman–Crippen LogP) is 3.09. The Balaban J connectivity index is 1.93. The van der Waals surface area contributed by atoms with Crippen molar-refractivity contribution in [3.63, 3.8) is 0 Å². The van der Waals surface area contributed by atoms with Gasteiger partial charge in [0.2, 0.25) is 5.95 Å². The maximum absolute atomic E-state index is 14.0. The molecule has 1 saturated heterocycles. The lowest BCUT2D eigenvalue weighted by molar-refractivity contribution is -0.142. The first kappa shape index (κ1) is 23.0. The van der Waals surface area contributed by atoms with Crippen molar-refractivity contribution in [2.45, 2.75) is 31.0 Å². The highest BCUT2D eigenvalue weighted by Gasteiger charge is 2.38. The fourth-order valence-corrected chi connectivity index (χ4v) is 4.31. The van der Waals surface area contributed by atoms with Gasteiger partial charge in [0.1, 0.15) is 10.7 Å². The Hall–Kier alpha value is -2.63. The molecular formula is C19H22F4N4O3S. The van der Waals surface area contributed by atoms with E-state index in [1.165, 1.54) is 12.1 Å². The van der Waals surface area contributed by atoms with E-state index in [1.807, 2.05) is 18.7 Å². The summed E-state index contributed by atoms with van der Waals surface area (Å²) in [6.45, 7) is 4.68. The third-order valence-corrected chi connectivity index (χ3v) is 6.26. The van der Waals surface area contributed by atoms with Crippen molar-refractivity contribution in [3.05, 3.63) is 35.9 Å². The van der Waals surface area contributed by atoms with Crippen molar-refractivity contribution in [3.8, 4) is 5.75 Å². The lowest BCUT2D eigenvalue weighted by Gasteiger charge is -2.44. The summed E-state index contributed by atoms with van der Waals surface area (Å²) in [6, 6.07) is 3.50. The number of benzene rings is 1. The molecule has 31 heavy (non-hydrogen) atoms. The zero-order valence-electron chi connectivity index (χ0n) is 17.1. The molecule has 3 rings (SSSR count). The van der Waals surface area contributed by atoms with Gasteiger partial charge >= 0.3 is 6.18 Å². The van der Waals surface area contributed by atoms with E-state index >= 15 is 0 Å². The summed E-state index contributed by atoms with van der Waals surface area (Å²) in [7, 11) is -3.76. The molecule has 0 radical (unpaired) electrons. The molecule has 0 aliphatic carbocycles. The third-order valence-electron chi connectivity index (χ3n) is 5.15. The van der Waals surface area contributed by atoms with Crippen LogP contribution in [0.15, 0.2) is 29.3 Å². The van der Waals surface area contributed by atoms with Crippen molar-refractivity contribution < 1.29 is 31.1 Å². The molecule has 0 saturated carbocycles. The van der Waals surface area contributed by atoms with Crippen molar-refractivity contribution in [2.75, 3.05) is 35.7 Å². The first-order chi connectivity index (χ1) is 14.3. The Kier molecular flexibility index (Phi) is 6.05. The Morgan fingerprint density at radius 3 is 2.48 bits per heavy atom. The molecule has 0 spiro atoms. The Labute approximate surface area is 177 Å². The molecule has 1 atom stereocenters. The van der Waals surface area contributed by atoms with Gasteiger partial charge in [0.05, 0.1) is 12.2 Å². The summed E-state index contributed by atoms with van der Waals surface area (Å²) in [6.07, 6.45) is -3.18. The number of sulfone groups is 1. The van der Waals surface area contributed by atoms with Crippen molar-refractivity contribution in [1.29, 1.82) is 0 Å². The monoisotopic (exact) mass is 462 g/mol. The molecule has 1 aliphatic heterocycles. The highest BCUT2D eigenvalue weighted by Crippen LogP contribution is 2.35. The maximum atomic E-state index is 14.0. The molecule has 0 bridgehead atoms. The molecule has 0 amide bonds. The zero-order chi connectivity index (χ0) is 23.1. The second-order valence-electron chi connectivity index (χ2n) is 7.74. The Morgan fingerprint density at radius 1 is 1.23 bits per heavy atom. The van der Waals surface area contributed by atoms with Crippen LogP contribution in [0, 0.1) is 11.7 Å². The molecule has 1 N–H and O–H groups in total.